The van der Waals surface area contributed by atoms with Gasteiger partial charge in [-0.1, -0.05) is 43.7 Å². The summed E-state index contributed by atoms with van der Waals surface area (Å²) in [5.74, 6) is 1.48. The van der Waals surface area contributed by atoms with E-state index in [-0.39, 0.29) is 5.91 Å². The predicted octanol–water partition coefficient (Wildman–Crippen LogP) is 2.98. The van der Waals surface area contributed by atoms with E-state index in [9.17, 15) is 4.79 Å². The Balaban J connectivity index is 1.63. The Morgan fingerprint density at radius 2 is 1.82 bits per heavy atom. The molecule has 0 bridgehead atoms. The zero-order chi connectivity index (χ0) is 19.9. The lowest BCUT2D eigenvalue weighted by atomic mass is 10.2. The zero-order valence-electron chi connectivity index (χ0n) is 17.3. The maximum atomic E-state index is 12.7. The molecule has 1 fully saturated rings. The summed E-state index contributed by atoms with van der Waals surface area (Å²) in [6, 6.07) is 12.4. The number of rotatable bonds is 7. The Labute approximate surface area is 168 Å². The molecule has 0 atom stereocenters. The van der Waals surface area contributed by atoms with Crippen molar-refractivity contribution < 1.29 is 4.79 Å². The van der Waals surface area contributed by atoms with Gasteiger partial charge in [0, 0.05) is 52.4 Å². The molecule has 2 aromatic rings. The van der Waals surface area contributed by atoms with Gasteiger partial charge in [-0.05, 0) is 18.9 Å². The predicted molar refractivity (Wildman–Crippen MR) is 113 cm³/mol. The summed E-state index contributed by atoms with van der Waals surface area (Å²) in [5.41, 5.74) is 1.84. The number of unbranched alkanes of at least 4 members (excludes halogenated alkanes) is 1. The number of aromatic nitrogens is 2. The first-order chi connectivity index (χ1) is 13.6. The number of carbonyl (C=O) groups is 1. The largest absolute Gasteiger partial charge is 0.354 e. The third kappa shape index (κ3) is 5.29. The minimum atomic E-state index is -0.0251. The second kappa shape index (κ2) is 9.64. The number of piperazine rings is 1. The van der Waals surface area contributed by atoms with Crippen molar-refractivity contribution >= 4 is 11.7 Å². The van der Waals surface area contributed by atoms with E-state index in [0.717, 1.165) is 57.9 Å². The topological polar surface area (TPSA) is 52.6 Å². The number of aryl methyl sites for hydroxylation is 1. The van der Waals surface area contributed by atoms with Crippen molar-refractivity contribution in [1.82, 2.24) is 19.8 Å². The van der Waals surface area contributed by atoms with Crippen LogP contribution in [0.3, 0.4) is 0 Å². The molecular formula is C22H31N5O. The lowest BCUT2D eigenvalue weighted by molar-refractivity contribution is 0.0787. The number of carbonyl (C=O) groups excluding carboxylic acids is 1. The highest BCUT2D eigenvalue weighted by molar-refractivity contribution is 5.92. The summed E-state index contributed by atoms with van der Waals surface area (Å²) in [6.45, 7) is 9.50. The number of anilines is 1. The molecule has 0 unspecified atom stereocenters. The summed E-state index contributed by atoms with van der Waals surface area (Å²) in [6.07, 6.45) is 2.07. The molecule has 0 radical (unpaired) electrons. The molecular weight excluding hydrogens is 350 g/mol. The van der Waals surface area contributed by atoms with E-state index in [4.69, 9.17) is 0 Å². The second-order valence-corrected chi connectivity index (χ2v) is 7.49. The van der Waals surface area contributed by atoms with Crippen molar-refractivity contribution in [2.45, 2.75) is 33.2 Å². The van der Waals surface area contributed by atoms with Gasteiger partial charge < -0.3 is 9.80 Å². The minimum absolute atomic E-state index is 0.0251. The molecule has 0 N–H and O–H groups in total. The van der Waals surface area contributed by atoms with Gasteiger partial charge in [-0.2, -0.15) is 0 Å². The first kappa shape index (κ1) is 20.3. The van der Waals surface area contributed by atoms with E-state index in [0.29, 0.717) is 11.5 Å². The summed E-state index contributed by atoms with van der Waals surface area (Å²) < 4.78 is 0. The van der Waals surface area contributed by atoms with Crippen LogP contribution in [0.25, 0.3) is 0 Å². The van der Waals surface area contributed by atoms with Crippen LogP contribution in [0.5, 0.6) is 0 Å². The van der Waals surface area contributed by atoms with Crippen LogP contribution >= 0.6 is 0 Å². The molecule has 6 heteroatoms. The third-order valence-corrected chi connectivity index (χ3v) is 5.18. The molecule has 1 aliphatic rings. The van der Waals surface area contributed by atoms with Gasteiger partial charge in [-0.25, -0.2) is 9.97 Å². The van der Waals surface area contributed by atoms with Gasteiger partial charge in [0.05, 0.1) is 0 Å². The fourth-order valence-electron chi connectivity index (χ4n) is 3.49. The lowest BCUT2D eigenvalue weighted by Gasteiger charge is -2.35. The maximum absolute atomic E-state index is 12.7. The summed E-state index contributed by atoms with van der Waals surface area (Å²) in [4.78, 5) is 28.2. The van der Waals surface area contributed by atoms with Crippen molar-refractivity contribution in [2.24, 2.45) is 0 Å². The normalized spacial score (nSPS) is 14.9. The molecule has 1 saturated heterocycles. The van der Waals surface area contributed by atoms with E-state index >= 15 is 0 Å². The smallest absolute Gasteiger partial charge is 0.272 e. The van der Waals surface area contributed by atoms with Crippen LogP contribution in [-0.4, -0.2) is 65.4 Å². The first-order valence-corrected chi connectivity index (χ1v) is 10.2. The molecule has 2 heterocycles. The van der Waals surface area contributed by atoms with Gasteiger partial charge in [0.25, 0.3) is 5.91 Å². The maximum Gasteiger partial charge on any atom is 0.272 e. The van der Waals surface area contributed by atoms with E-state index in [2.05, 4.69) is 57.0 Å². The lowest BCUT2D eigenvalue weighted by Crippen LogP contribution is -2.46. The van der Waals surface area contributed by atoms with Crippen molar-refractivity contribution in [3.63, 3.8) is 0 Å². The van der Waals surface area contributed by atoms with E-state index < -0.39 is 0 Å². The molecule has 1 aromatic heterocycles. The monoisotopic (exact) mass is 381 g/mol. The zero-order valence-corrected chi connectivity index (χ0v) is 17.3. The van der Waals surface area contributed by atoms with E-state index in [1.807, 2.05) is 20.0 Å². The Morgan fingerprint density at radius 1 is 1.11 bits per heavy atom. The standard InChI is InChI=1S/C22H31N5O/c1-4-5-11-25(3)22(28)20-16-21(24-18(2)23-20)27-14-12-26(13-15-27)17-19-9-7-6-8-10-19/h6-10,16H,4-5,11-15,17H2,1-3H3. The van der Waals surface area contributed by atoms with Crippen molar-refractivity contribution in [3.05, 3.63) is 53.5 Å². The molecule has 1 aliphatic heterocycles. The average Bonchev–Trinajstić information content (AvgIpc) is 2.72. The molecule has 28 heavy (non-hydrogen) atoms. The van der Waals surface area contributed by atoms with Crippen LogP contribution in [0, 0.1) is 6.92 Å². The van der Waals surface area contributed by atoms with Crippen LogP contribution < -0.4 is 4.90 Å². The fourth-order valence-corrected chi connectivity index (χ4v) is 3.49. The summed E-state index contributed by atoms with van der Waals surface area (Å²) in [7, 11) is 1.84. The first-order valence-electron chi connectivity index (χ1n) is 10.2. The van der Waals surface area contributed by atoms with E-state index in [1.165, 1.54) is 5.56 Å². The molecule has 1 amide bonds. The van der Waals surface area contributed by atoms with Crippen LogP contribution in [0.2, 0.25) is 0 Å². The molecule has 0 saturated carbocycles. The van der Waals surface area contributed by atoms with Crippen molar-refractivity contribution in [1.29, 1.82) is 0 Å². The molecule has 0 spiro atoms. The molecule has 0 aliphatic carbocycles. The second-order valence-electron chi connectivity index (χ2n) is 7.49. The Hall–Kier alpha value is -2.47. The van der Waals surface area contributed by atoms with Gasteiger partial charge in [0.1, 0.15) is 17.3 Å². The van der Waals surface area contributed by atoms with Gasteiger partial charge in [-0.15, -0.1) is 0 Å². The minimum Gasteiger partial charge on any atom is -0.354 e. The Bertz CT molecular complexity index is 772. The van der Waals surface area contributed by atoms with Gasteiger partial charge in [0.2, 0.25) is 0 Å². The Kier molecular flexibility index (Phi) is 6.98. The number of amides is 1. The molecule has 1 aromatic carbocycles. The highest BCUT2D eigenvalue weighted by atomic mass is 16.2. The quantitative estimate of drug-likeness (QED) is 0.738. The van der Waals surface area contributed by atoms with Gasteiger partial charge in [0.15, 0.2) is 0 Å². The Morgan fingerprint density at radius 3 is 2.50 bits per heavy atom. The number of benzene rings is 1. The highest BCUT2D eigenvalue weighted by Gasteiger charge is 2.21. The summed E-state index contributed by atoms with van der Waals surface area (Å²) in [5, 5.41) is 0. The SMILES string of the molecule is CCCCN(C)C(=O)c1cc(N2CCN(Cc3ccccc3)CC2)nc(C)n1. The van der Waals surface area contributed by atoms with Crippen LogP contribution in [0.1, 0.15) is 41.6 Å². The van der Waals surface area contributed by atoms with Crippen molar-refractivity contribution in [3.8, 4) is 0 Å². The van der Waals surface area contributed by atoms with Crippen LogP contribution in [-0.2, 0) is 6.54 Å². The van der Waals surface area contributed by atoms with Gasteiger partial charge in [-0.3, -0.25) is 9.69 Å². The van der Waals surface area contributed by atoms with E-state index in [1.54, 1.807) is 4.90 Å². The van der Waals surface area contributed by atoms with Crippen LogP contribution in [0.15, 0.2) is 36.4 Å². The van der Waals surface area contributed by atoms with Gasteiger partial charge >= 0.3 is 0 Å². The highest BCUT2D eigenvalue weighted by Crippen LogP contribution is 2.17. The molecule has 3 rings (SSSR count). The molecule has 150 valence electrons. The molecule has 6 nitrogen and oxygen atoms in total. The van der Waals surface area contributed by atoms with Crippen LogP contribution in [0.4, 0.5) is 5.82 Å². The number of nitrogens with zero attached hydrogens (tertiary/aromatic N) is 5. The fraction of sp³-hybridized carbons (Fsp3) is 0.500. The number of hydrogen-bond donors (Lipinski definition) is 0. The third-order valence-electron chi connectivity index (χ3n) is 5.18. The number of hydrogen-bond acceptors (Lipinski definition) is 5. The van der Waals surface area contributed by atoms with Crippen molar-refractivity contribution in [2.75, 3.05) is 44.7 Å². The average molecular weight is 382 g/mol. The summed E-state index contributed by atoms with van der Waals surface area (Å²) >= 11 is 0.